The summed E-state index contributed by atoms with van der Waals surface area (Å²) in [4.78, 5) is 13.9. The number of rotatable bonds is 3. The van der Waals surface area contributed by atoms with Crippen molar-refractivity contribution in [2.45, 2.75) is 0 Å². The molecule has 0 spiro atoms. The van der Waals surface area contributed by atoms with Gasteiger partial charge in [-0.15, -0.1) is 0 Å². The first kappa shape index (κ1) is 11.9. The van der Waals surface area contributed by atoms with Gasteiger partial charge in [-0.3, -0.25) is 15.1 Å². The molecule has 0 saturated heterocycles. The van der Waals surface area contributed by atoms with Gasteiger partial charge in [0.15, 0.2) is 0 Å². The Hall–Kier alpha value is -2.56. The summed E-state index contributed by atoms with van der Waals surface area (Å²) in [7, 11) is 0. The smallest absolute Gasteiger partial charge is 0.258 e. The molecule has 0 bridgehead atoms. The molecule has 0 radical (unpaired) electrons. The molecule has 2 rings (SSSR count). The standard InChI is InChI=1S/C13H9FN2O2/c14-12-7-6-11(16(17)18)8-13(12)15-9-10-4-2-1-3-5-10/h1-9H. The van der Waals surface area contributed by atoms with E-state index in [0.29, 0.717) is 0 Å². The molecule has 0 atom stereocenters. The number of non-ortho nitro benzene ring substituents is 1. The molecule has 4 nitrogen and oxygen atoms in total. The monoisotopic (exact) mass is 244 g/mol. The van der Waals surface area contributed by atoms with E-state index < -0.39 is 10.7 Å². The first-order valence-electron chi connectivity index (χ1n) is 5.20. The van der Waals surface area contributed by atoms with Gasteiger partial charge in [-0.25, -0.2) is 4.39 Å². The molecule has 5 heteroatoms. The third-order valence-electron chi connectivity index (χ3n) is 2.29. The Balaban J connectivity index is 2.31. The van der Waals surface area contributed by atoms with E-state index in [4.69, 9.17) is 0 Å². The normalized spacial score (nSPS) is 10.7. The van der Waals surface area contributed by atoms with Gasteiger partial charge in [0, 0.05) is 18.3 Å². The summed E-state index contributed by atoms with van der Waals surface area (Å²) >= 11 is 0. The van der Waals surface area contributed by atoms with Crippen molar-refractivity contribution in [2.24, 2.45) is 4.99 Å². The number of halogens is 1. The third-order valence-corrected chi connectivity index (χ3v) is 2.29. The molecule has 0 amide bonds. The SMILES string of the molecule is O=[N+]([O-])c1ccc(F)c(N=Cc2ccccc2)c1. The number of nitro benzene ring substituents is 1. The van der Waals surface area contributed by atoms with E-state index >= 15 is 0 Å². The summed E-state index contributed by atoms with van der Waals surface area (Å²) in [5.41, 5.74) is 0.563. The van der Waals surface area contributed by atoms with Crippen LogP contribution in [0.15, 0.2) is 53.5 Å². The second kappa shape index (κ2) is 5.18. The highest BCUT2D eigenvalue weighted by Crippen LogP contribution is 2.23. The predicted molar refractivity (Wildman–Crippen MR) is 66.8 cm³/mol. The van der Waals surface area contributed by atoms with Crippen molar-refractivity contribution in [1.29, 1.82) is 0 Å². The molecule has 2 aromatic rings. The minimum absolute atomic E-state index is 0.0481. The van der Waals surface area contributed by atoms with Crippen LogP contribution in [0.25, 0.3) is 0 Å². The molecule has 0 aliphatic heterocycles. The highest BCUT2D eigenvalue weighted by atomic mass is 19.1. The fourth-order valence-corrected chi connectivity index (χ4v) is 1.40. The van der Waals surface area contributed by atoms with Crippen molar-refractivity contribution < 1.29 is 9.31 Å². The lowest BCUT2D eigenvalue weighted by molar-refractivity contribution is -0.384. The average molecular weight is 244 g/mol. The van der Waals surface area contributed by atoms with Crippen molar-refractivity contribution in [1.82, 2.24) is 0 Å². The number of nitro groups is 1. The highest BCUT2D eigenvalue weighted by Gasteiger charge is 2.09. The maximum Gasteiger partial charge on any atom is 0.271 e. The number of hydrogen-bond acceptors (Lipinski definition) is 3. The van der Waals surface area contributed by atoms with E-state index in [1.165, 1.54) is 6.21 Å². The summed E-state index contributed by atoms with van der Waals surface area (Å²) in [6, 6.07) is 12.4. The van der Waals surface area contributed by atoms with Crippen molar-refractivity contribution in [2.75, 3.05) is 0 Å². The largest absolute Gasteiger partial charge is 0.271 e. The molecule has 2 aromatic carbocycles. The lowest BCUT2D eigenvalue weighted by atomic mass is 10.2. The molecule has 0 saturated carbocycles. The van der Waals surface area contributed by atoms with E-state index in [0.717, 1.165) is 23.8 Å². The Morgan fingerprint density at radius 3 is 2.56 bits per heavy atom. The summed E-state index contributed by atoms with van der Waals surface area (Å²) in [6.45, 7) is 0. The van der Waals surface area contributed by atoms with Gasteiger partial charge in [-0.1, -0.05) is 30.3 Å². The topological polar surface area (TPSA) is 55.5 Å². The lowest BCUT2D eigenvalue weighted by Crippen LogP contribution is -1.88. The van der Waals surface area contributed by atoms with Crippen LogP contribution in [0.2, 0.25) is 0 Å². The molecule has 0 unspecified atom stereocenters. The van der Waals surface area contributed by atoms with Crippen LogP contribution in [-0.2, 0) is 0 Å². The van der Waals surface area contributed by atoms with E-state index in [1.807, 2.05) is 18.2 Å². The van der Waals surface area contributed by atoms with Crippen LogP contribution >= 0.6 is 0 Å². The van der Waals surface area contributed by atoms with Crippen LogP contribution in [0.3, 0.4) is 0 Å². The first-order chi connectivity index (χ1) is 8.66. The zero-order valence-electron chi connectivity index (χ0n) is 9.29. The number of nitrogens with zero attached hydrogens (tertiary/aromatic N) is 2. The maximum atomic E-state index is 13.4. The second-order valence-corrected chi connectivity index (χ2v) is 3.56. The Morgan fingerprint density at radius 1 is 1.17 bits per heavy atom. The van der Waals surface area contributed by atoms with E-state index in [9.17, 15) is 14.5 Å². The fraction of sp³-hybridized carbons (Fsp3) is 0. The molecule has 0 fully saturated rings. The first-order valence-corrected chi connectivity index (χ1v) is 5.20. The van der Waals surface area contributed by atoms with Gasteiger partial charge in [0.1, 0.15) is 11.5 Å². The molecular weight excluding hydrogens is 235 g/mol. The quantitative estimate of drug-likeness (QED) is 0.471. The summed E-state index contributed by atoms with van der Waals surface area (Å²) in [5.74, 6) is -0.590. The van der Waals surface area contributed by atoms with Crippen LogP contribution < -0.4 is 0 Å². The van der Waals surface area contributed by atoms with Crippen LogP contribution in [-0.4, -0.2) is 11.1 Å². The van der Waals surface area contributed by atoms with Crippen LogP contribution in [0.5, 0.6) is 0 Å². The van der Waals surface area contributed by atoms with Crippen LogP contribution in [0.1, 0.15) is 5.56 Å². The molecule has 0 aromatic heterocycles. The second-order valence-electron chi connectivity index (χ2n) is 3.56. The molecule has 0 aliphatic carbocycles. The van der Waals surface area contributed by atoms with E-state index in [2.05, 4.69) is 4.99 Å². The van der Waals surface area contributed by atoms with Gasteiger partial charge in [0.2, 0.25) is 0 Å². The summed E-state index contributed by atoms with van der Waals surface area (Å²) in [6.07, 6.45) is 1.46. The van der Waals surface area contributed by atoms with E-state index in [-0.39, 0.29) is 11.4 Å². The minimum atomic E-state index is -0.590. The van der Waals surface area contributed by atoms with Crippen molar-refractivity contribution in [3.63, 3.8) is 0 Å². The van der Waals surface area contributed by atoms with Gasteiger partial charge < -0.3 is 0 Å². The average Bonchev–Trinajstić information content (AvgIpc) is 2.38. The zero-order chi connectivity index (χ0) is 13.0. The Bertz CT molecular complexity index is 597. The summed E-state index contributed by atoms with van der Waals surface area (Å²) < 4.78 is 13.4. The Morgan fingerprint density at radius 2 is 1.89 bits per heavy atom. The Kier molecular flexibility index (Phi) is 3.43. The molecule has 0 N–H and O–H groups in total. The van der Waals surface area contributed by atoms with Gasteiger partial charge in [-0.05, 0) is 11.6 Å². The van der Waals surface area contributed by atoms with Gasteiger partial charge in [-0.2, -0.15) is 0 Å². The highest BCUT2D eigenvalue weighted by molar-refractivity contribution is 5.82. The van der Waals surface area contributed by atoms with Gasteiger partial charge in [0.25, 0.3) is 5.69 Å². The Labute approximate surface area is 103 Å². The number of hydrogen-bond donors (Lipinski definition) is 0. The van der Waals surface area contributed by atoms with Gasteiger partial charge in [0.05, 0.1) is 4.92 Å². The maximum absolute atomic E-state index is 13.4. The van der Waals surface area contributed by atoms with E-state index in [1.54, 1.807) is 12.1 Å². The summed E-state index contributed by atoms with van der Waals surface area (Å²) in [5, 5.41) is 10.6. The zero-order valence-corrected chi connectivity index (χ0v) is 9.29. The third kappa shape index (κ3) is 2.76. The van der Waals surface area contributed by atoms with Crippen molar-refractivity contribution in [3.8, 4) is 0 Å². The molecule has 0 heterocycles. The van der Waals surface area contributed by atoms with Crippen LogP contribution in [0.4, 0.5) is 15.8 Å². The minimum Gasteiger partial charge on any atom is -0.258 e. The fourth-order valence-electron chi connectivity index (χ4n) is 1.40. The molecule has 18 heavy (non-hydrogen) atoms. The van der Waals surface area contributed by atoms with Crippen LogP contribution in [0, 0.1) is 15.9 Å². The number of benzene rings is 2. The van der Waals surface area contributed by atoms with Crippen molar-refractivity contribution >= 4 is 17.6 Å². The molecule has 0 aliphatic rings. The lowest BCUT2D eigenvalue weighted by Gasteiger charge is -1.97. The molecular formula is C13H9FN2O2. The van der Waals surface area contributed by atoms with Crippen molar-refractivity contribution in [3.05, 3.63) is 70.0 Å². The number of aliphatic imine (C=N–C) groups is 1. The van der Waals surface area contributed by atoms with Gasteiger partial charge >= 0.3 is 0 Å². The predicted octanol–water partition coefficient (Wildman–Crippen LogP) is 3.48. The molecule has 90 valence electrons.